The van der Waals surface area contributed by atoms with Crippen molar-refractivity contribution in [3.05, 3.63) is 28.4 Å². The molecule has 2 heterocycles. The first-order chi connectivity index (χ1) is 13.8. The fraction of sp³-hybridized carbons (Fsp3) is 0.421. The van der Waals surface area contributed by atoms with Crippen molar-refractivity contribution in [1.82, 2.24) is 4.90 Å². The van der Waals surface area contributed by atoms with E-state index in [1.165, 1.54) is 0 Å². The van der Waals surface area contributed by atoms with E-state index in [4.69, 9.17) is 14.9 Å². The SMILES string of the molecule is CC(C)(C)OC(=O)N1CC(F)(F)C[C@@H]1C(=O)Nc1c(C(N)=O)oc2ccc(Br)cc12. The topological polar surface area (TPSA) is 115 Å². The van der Waals surface area contributed by atoms with Crippen LogP contribution in [-0.4, -0.2) is 46.9 Å². The van der Waals surface area contributed by atoms with Gasteiger partial charge in [0.25, 0.3) is 11.8 Å². The van der Waals surface area contributed by atoms with E-state index in [9.17, 15) is 23.2 Å². The normalized spacial score (nSPS) is 18.5. The second kappa shape index (κ2) is 7.53. The average molecular weight is 488 g/mol. The van der Waals surface area contributed by atoms with Gasteiger partial charge in [0.15, 0.2) is 0 Å². The summed E-state index contributed by atoms with van der Waals surface area (Å²) in [6, 6.07) is 3.28. The number of carbonyl (C=O) groups is 3. The molecule has 1 aromatic carbocycles. The third-order valence-electron chi connectivity index (χ3n) is 4.32. The molecule has 0 saturated carbocycles. The lowest BCUT2D eigenvalue weighted by atomic mass is 10.1. The number of hydrogen-bond acceptors (Lipinski definition) is 5. The second-order valence-electron chi connectivity index (χ2n) is 7.98. The summed E-state index contributed by atoms with van der Waals surface area (Å²) in [5.41, 5.74) is 4.62. The van der Waals surface area contributed by atoms with E-state index in [-0.39, 0.29) is 17.0 Å². The zero-order valence-electron chi connectivity index (χ0n) is 16.4. The molecule has 3 amide bonds. The van der Waals surface area contributed by atoms with Gasteiger partial charge in [-0.15, -0.1) is 0 Å². The molecule has 1 aliphatic heterocycles. The predicted octanol–water partition coefficient (Wildman–Crippen LogP) is 3.88. The molecule has 8 nitrogen and oxygen atoms in total. The van der Waals surface area contributed by atoms with Gasteiger partial charge in [-0.05, 0) is 39.0 Å². The molecule has 1 aliphatic rings. The molecule has 1 aromatic heterocycles. The van der Waals surface area contributed by atoms with Crippen molar-refractivity contribution >= 4 is 50.5 Å². The van der Waals surface area contributed by atoms with Crippen molar-refractivity contribution < 1.29 is 32.3 Å². The molecule has 1 saturated heterocycles. The number of primary amides is 1. The van der Waals surface area contributed by atoms with Crippen LogP contribution >= 0.6 is 15.9 Å². The van der Waals surface area contributed by atoms with E-state index < -0.39 is 48.4 Å². The Morgan fingerprint density at radius 2 is 2.00 bits per heavy atom. The molecule has 2 aromatic rings. The highest BCUT2D eigenvalue weighted by molar-refractivity contribution is 9.10. The Kier molecular flexibility index (Phi) is 5.52. The van der Waals surface area contributed by atoms with Gasteiger partial charge in [-0.1, -0.05) is 15.9 Å². The minimum Gasteiger partial charge on any atom is -0.449 e. The number of rotatable bonds is 3. The molecule has 0 spiro atoms. The monoisotopic (exact) mass is 487 g/mol. The standard InChI is InChI=1S/C19H20BrF2N3O5/c1-18(2,3)30-17(28)25-8-19(21,22)7-11(25)16(27)24-13-10-6-9(20)4-5-12(10)29-14(13)15(23)26/h4-6,11H,7-8H2,1-3H3,(H2,23,26)(H,24,27)/t11-/m1/s1. The number of fused-ring (bicyclic) bond motifs is 1. The van der Waals surface area contributed by atoms with E-state index in [1.54, 1.807) is 39.0 Å². The fourth-order valence-corrected chi connectivity index (χ4v) is 3.50. The van der Waals surface area contributed by atoms with Crippen LogP contribution < -0.4 is 11.1 Å². The maximum Gasteiger partial charge on any atom is 0.411 e. The number of nitrogens with two attached hydrogens (primary N) is 1. The summed E-state index contributed by atoms with van der Waals surface area (Å²) in [7, 11) is 0. The van der Waals surface area contributed by atoms with Crippen LogP contribution in [0.1, 0.15) is 37.7 Å². The first-order valence-electron chi connectivity index (χ1n) is 8.97. The molecule has 3 rings (SSSR count). The van der Waals surface area contributed by atoms with Gasteiger partial charge in [-0.25, -0.2) is 13.6 Å². The Balaban J connectivity index is 1.94. The van der Waals surface area contributed by atoms with Gasteiger partial charge in [-0.2, -0.15) is 0 Å². The number of furan rings is 1. The number of carbonyl (C=O) groups excluding carboxylic acids is 3. The number of hydrogen-bond donors (Lipinski definition) is 2. The molecular weight excluding hydrogens is 468 g/mol. The molecular formula is C19H20BrF2N3O5. The number of anilines is 1. The first kappa shape index (κ1) is 22.0. The highest BCUT2D eigenvalue weighted by Gasteiger charge is 2.51. The van der Waals surface area contributed by atoms with Crippen molar-refractivity contribution in [3.8, 4) is 0 Å². The number of ether oxygens (including phenoxy) is 1. The lowest BCUT2D eigenvalue weighted by molar-refractivity contribution is -0.120. The highest BCUT2D eigenvalue weighted by atomic mass is 79.9. The number of halogens is 3. The van der Waals surface area contributed by atoms with E-state index in [0.29, 0.717) is 14.8 Å². The molecule has 0 unspecified atom stereocenters. The van der Waals surface area contributed by atoms with Crippen LogP contribution in [0, 0.1) is 0 Å². The Bertz CT molecular complexity index is 1030. The quantitative estimate of drug-likeness (QED) is 0.681. The molecule has 11 heteroatoms. The highest BCUT2D eigenvalue weighted by Crippen LogP contribution is 2.36. The zero-order chi connectivity index (χ0) is 22.4. The number of nitrogens with one attached hydrogen (secondary N) is 1. The van der Waals surface area contributed by atoms with Crippen molar-refractivity contribution in [2.45, 2.75) is 44.8 Å². The number of likely N-dealkylation sites (tertiary alicyclic amines) is 1. The zero-order valence-corrected chi connectivity index (χ0v) is 18.0. The minimum absolute atomic E-state index is 0.0526. The Labute approximate surface area is 178 Å². The molecule has 0 bridgehead atoms. The van der Waals surface area contributed by atoms with Gasteiger partial charge in [0.2, 0.25) is 11.7 Å². The first-order valence-corrected chi connectivity index (χ1v) is 9.77. The third-order valence-corrected chi connectivity index (χ3v) is 4.82. The summed E-state index contributed by atoms with van der Waals surface area (Å²) >= 11 is 3.28. The predicted molar refractivity (Wildman–Crippen MR) is 107 cm³/mol. The summed E-state index contributed by atoms with van der Waals surface area (Å²) in [5.74, 6) is -5.46. The molecule has 162 valence electrons. The van der Waals surface area contributed by atoms with E-state index in [2.05, 4.69) is 21.2 Å². The van der Waals surface area contributed by atoms with Crippen LogP contribution in [0.4, 0.5) is 19.3 Å². The lowest BCUT2D eigenvalue weighted by Gasteiger charge is -2.27. The average Bonchev–Trinajstić information content (AvgIpc) is 3.11. The van der Waals surface area contributed by atoms with Crippen molar-refractivity contribution in [1.29, 1.82) is 0 Å². The summed E-state index contributed by atoms with van der Waals surface area (Å²) in [5, 5.41) is 2.78. The second-order valence-corrected chi connectivity index (χ2v) is 8.90. The van der Waals surface area contributed by atoms with E-state index in [0.717, 1.165) is 0 Å². The van der Waals surface area contributed by atoms with E-state index in [1.807, 2.05) is 0 Å². The van der Waals surface area contributed by atoms with Gasteiger partial charge in [0.1, 0.15) is 22.9 Å². The van der Waals surface area contributed by atoms with Crippen LogP contribution in [0.2, 0.25) is 0 Å². The number of alkyl halides is 2. The molecule has 30 heavy (non-hydrogen) atoms. The van der Waals surface area contributed by atoms with Crippen molar-refractivity contribution in [3.63, 3.8) is 0 Å². The number of nitrogens with zero attached hydrogens (tertiary/aromatic N) is 1. The summed E-state index contributed by atoms with van der Waals surface area (Å²) < 4.78 is 39.3. The summed E-state index contributed by atoms with van der Waals surface area (Å²) in [6.07, 6.45) is -1.92. The summed E-state index contributed by atoms with van der Waals surface area (Å²) in [4.78, 5) is 37.7. The maximum atomic E-state index is 14.1. The minimum atomic E-state index is -3.27. The lowest BCUT2D eigenvalue weighted by Crippen LogP contribution is -2.45. The molecule has 1 atom stereocenters. The summed E-state index contributed by atoms with van der Waals surface area (Å²) in [6.45, 7) is 3.80. The third kappa shape index (κ3) is 4.55. The van der Waals surface area contributed by atoms with Crippen molar-refractivity contribution in [2.75, 3.05) is 11.9 Å². The van der Waals surface area contributed by atoms with Gasteiger partial charge in [0, 0.05) is 16.3 Å². The van der Waals surface area contributed by atoms with Crippen LogP contribution in [0.25, 0.3) is 11.0 Å². The maximum absolute atomic E-state index is 14.1. The number of benzene rings is 1. The molecule has 3 N–H and O–H groups in total. The molecule has 0 aliphatic carbocycles. The molecule has 1 fully saturated rings. The van der Waals surface area contributed by atoms with Crippen LogP contribution in [0.3, 0.4) is 0 Å². The largest absolute Gasteiger partial charge is 0.449 e. The van der Waals surface area contributed by atoms with Crippen LogP contribution in [0.5, 0.6) is 0 Å². The smallest absolute Gasteiger partial charge is 0.411 e. The Hall–Kier alpha value is -2.69. The Morgan fingerprint density at radius 3 is 2.60 bits per heavy atom. The van der Waals surface area contributed by atoms with E-state index >= 15 is 0 Å². The van der Waals surface area contributed by atoms with Gasteiger partial charge >= 0.3 is 6.09 Å². The van der Waals surface area contributed by atoms with Gasteiger partial charge in [-0.3, -0.25) is 14.5 Å². The van der Waals surface area contributed by atoms with Gasteiger partial charge < -0.3 is 20.2 Å². The van der Waals surface area contributed by atoms with Gasteiger partial charge in [0.05, 0.1) is 6.54 Å². The van der Waals surface area contributed by atoms with Crippen molar-refractivity contribution in [2.24, 2.45) is 5.73 Å². The van der Waals surface area contributed by atoms with Crippen LogP contribution in [-0.2, 0) is 9.53 Å². The number of amides is 3. The van der Waals surface area contributed by atoms with Crippen LogP contribution in [0.15, 0.2) is 27.1 Å². The molecule has 0 radical (unpaired) electrons. The Morgan fingerprint density at radius 1 is 1.33 bits per heavy atom. The fourth-order valence-electron chi connectivity index (χ4n) is 3.14.